The molecule has 0 spiro atoms. The minimum absolute atomic E-state index is 0.163. The Bertz CT molecular complexity index is 1230. The third-order valence-electron chi connectivity index (χ3n) is 5.49. The normalized spacial score (nSPS) is 15.8. The van der Waals surface area contributed by atoms with E-state index in [1.807, 2.05) is 6.07 Å². The minimum Gasteiger partial charge on any atom is -0.443 e. The first-order valence-corrected chi connectivity index (χ1v) is 10.4. The maximum Gasteiger partial charge on any atom is 0.273 e. The van der Waals surface area contributed by atoms with Gasteiger partial charge in [-0.25, -0.2) is 24.3 Å². The molecule has 0 bridgehead atoms. The third-order valence-corrected chi connectivity index (χ3v) is 5.49. The van der Waals surface area contributed by atoms with Crippen LogP contribution in [0.4, 0.5) is 4.39 Å². The zero-order chi connectivity index (χ0) is 21.9. The highest BCUT2D eigenvalue weighted by atomic mass is 19.1. The van der Waals surface area contributed by atoms with E-state index in [1.54, 1.807) is 47.8 Å². The molecule has 4 aromatic rings. The van der Waals surface area contributed by atoms with Crippen LogP contribution in [0.3, 0.4) is 0 Å². The molecular formula is C24H20FN5O2. The second kappa shape index (κ2) is 8.66. The second-order valence-electron chi connectivity index (χ2n) is 7.66. The Morgan fingerprint density at radius 1 is 1.09 bits per heavy atom. The van der Waals surface area contributed by atoms with Crippen molar-refractivity contribution in [2.24, 2.45) is 0 Å². The molecule has 1 aliphatic heterocycles. The molecule has 5 rings (SSSR count). The number of carbonyl (C=O) groups is 1. The number of rotatable bonds is 5. The van der Waals surface area contributed by atoms with E-state index in [4.69, 9.17) is 4.42 Å². The van der Waals surface area contributed by atoms with Gasteiger partial charge in [0.2, 0.25) is 5.89 Å². The number of nitrogens with zero attached hydrogens (tertiary/aromatic N) is 5. The molecule has 32 heavy (non-hydrogen) atoms. The first-order chi connectivity index (χ1) is 15.7. The lowest BCUT2D eigenvalue weighted by Gasteiger charge is -2.22. The van der Waals surface area contributed by atoms with Crippen LogP contribution in [-0.2, 0) is 6.42 Å². The molecule has 0 radical (unpaired) electrons. The van der Waals surface area contributed by atoms with Gasteiger partial charge in [0.15, 0.2) is 0 Å². The average Bonchev–Trinajstić information content (AvgIpc) is 3.50. The van der Waals surface area contributed by atoms with Crippen LogP contribution in [0, 0.1) is 5.82 Å². The summed E-state index contributed by atoms with van der Waals surface area (Å²) in [5.74, 6) is 0.754. The molecule has 160 valence electrons. The van der Waals surface area contributed by atoms with E-state index in [1.165, 1.54) is 18.5 Å². The van der Waals surface area contributed by atoms with E-state index in [0.29, 0.717) is 36.0 Å². The number of benzene rings is 1. The van der Waals surface area contributed by atoms with E-state index in [0.717, 1.165) is 24.0 Å². The van der Waals surface area contributed by atoms with Crippen molar-refractivity contribution in [3.63, 3.8) is 0 Å². The van der Waals surface area contributed by atoms with E-state index in [9.17, 15) is 9.18 Å². The van der Waals surface area contributed by atoms with Crippen molar-refractivity contribution in [2.75, 3.05) is 6.54 Å². The molecule has 1 fully saturated rings. The van der Waals surface area contributed by atoms with Crippen molar-refractivity contribution in [1.29, 1.82) is 0 Å². The van der Waals surface area contributed by atoms with Gasteiger partial charge in [-0.3, -0.25) is 4.79 Å². The summed E-state index contributed by atoms with van der Waals surface area (Å²) in [7, 11) is 0. The fourth-order valence-electron chi connectivity index (χ4n) is 3.92. The van der Waals surface area contributed by atoms with Crippen LogP contribution in [0.5, 0.6) is 0 Å². The van der Waals surface area contributed by atoms with Gasteiger partial charge >= 0.3 is 0 Å². The number of oxazole rings is 1. The minimum atomic E-state index is -0.274. The quantitative estimate of drug-likeness (QED) is 0.472. The lowest BCUT2D eigenvalue weighted by molar-refractivity contribution is 0.0708. The maximum absolute atomic E-state index is 13.3. The summed E-state index contributed by atoms with van der Waals surface area (Å²) in [6.45, 7) is 0.611. The molecule has 1 saturated heterocycles. The zero-order valence-electron chi connectivity index (χ0n) is 17.2. The lowest BCUT2D eigenvalue weighted by Crippen LogP contribution is -2.31. The summed E-state index contributed by atoms with van der Waals surface area (Å²) < 4.78 is 19.1. The summed E-state index contributed by atoms with van der Waals surface area (Å²) in [5.41, 5.74) is 2.68. The molecule has 0 aliphatic carbocycles. The Kier molecular flexibility index (Phi) is 5.41. The fourth-order valence-corrected chi connectivity index (χ4v) is 3.92. The first kappa shape index (κ1) is 20.0. The Morgan fingerprint density at radius 2 is 1.91 bits per heavy atom. The Balaban J connectivity index is 1.34. The SMILES string of the molecule is O=C(c1cccc(-c2cncnc2)n1)N1CCCC1c1ncc(Cc2ccc(F)cc2)o1. The summed E-state index contributed by atoms with van der Waals surface area (Å²) in [6, 6.07) is 11.4. The highest BCUT2D eigenvalue weighted by Crippen LogP contribution is 2.33. The van der Waals surface area contributed by atoms with Gasteiger partial charge in [-0.15, -0.1) is 0 Å². The Labute approximate surface area is 184 Å². The van der Waals surface area contributed by atoms with Gasteiger partial charge in [0.1, 0.15) is 29.6 Å². The van der Waals surface area contributed by atoms with Crippen molar-refractivity contribution >= 4 is 5.91 Å². The van der Waals surface area contributed by atoms with Crippen LogP contribution in [-0.4, -0.2) is 37.3 Å². The maximum atomic E-state index is 13.3. The van der Waals surface area contributed by atoms with Crippen LogP contribution < -0.4 is 0 Å². The van der Waals surface area contributed by atoms with Crippen LogP contribution in [0.2, 0.25) is 0 Å². The van der Waals surface area contributed by atoms with Gasteiger partial charge in [0, 0.05) is 30.9 Å². The van der Waals surface area contributed by atoms with E-state index in [-0.39, 0.29) is 17.8 Å². The molecule has 0 saturated carbocycles. The molecule has 1 unspecified atom stereocenters. The highest BCUT2D eigenvalue weighted by Gasteiger charge is 2.34. The number of aromatic nitrogens is 4. The van der Waals surface area contributed by atoms with E-state index < -0.39 is 0 Å². The van der Waals surface area contributed by atoms with Gasteiger partial charge in [-0.2, -0.15) is 0 Å². The number of hydrogen-bond donors (Lipinski definition) is 0. The van der Waals surface area contributed by atoms with Gasteiger partial charge in [0.05, 0.1) is 11.9 Å². The van der Waals surface area contributed by atoms with Crippen molar-refractivity contribution in [2.45, 2.75) is 25.3 Å². The van der Waals surface area contributed by atoms with Gasteiger partial charge in [-0.05, 0) is 42.7 Å². The van der Waals surface area contributed by atoms with E-state index in [2.05, 4.69) is 19.9 Å². The highest BCUT2D eigenvalue weighted by molar-refractivity contribution is 5.93. The molecule has 1 aromatic carbocycles. The van der Waals surface area contributed by atoms with Gasteiger partial charge in [-0.1, -0.05) is 18.2 Å². The van der Waals surface area contributed by atoms with Crippen LogP contribution >= 0.6 is 0 Å². The molecule has 7 nitrogen and oxygen atoms in total. The van der Waals surface area contributed by atoms with Crippen LogP contribution in [0.1, 0.15) is 46.6 Å². The van der Waals surface area contributed by atoms with Crippen molar-refractivity contribution < 1.29 is 13.6 Å². The summed E-state index contributed by atoms with van der Waals surface area (Å²) in [4.78, 5) is 32.0. The molecule has 4 heterocycles. The summed E-state index contributed by atoms with van der Waals surface area (Å²) in [6.07, 6.45) is 8.60. The molecule has 8 heteroatoms. The number of halogens is 1. The van der Waals surface area contributed by atoms with Crippen molar-refractivity contribution in [3.8, 4) is 11.3 Å². The molecule has 3 aromatic heterocycles. The molecule has 1 aliphatic rings. The van der Waals surface area contributed by atoms with Crippen LogP contribution in [0.15, 0.2) is 71.8 Å². The second-order valence-corrected chi connectivity index (χ2v) is 7.66. The number of pyridine rings is 1. The molecular weight excluding hydrogens is 409 g/mol. The third kappa shape index (κ3) is 4.12. The predicted molar refractivity (Wildman–Crippen MR) is 114 cm³/mol. The summed E-state index contributed by atoms with van der Waals surface area (Å²) in [5, 5.41) is 0. The standard InChI is InChI=1S/C24H20FN5O2/c25-18-8-6-16(7-9-18)11-19-14-28-23(32-19)22-5-2-10-30(22)24(31)21-4-1-3-20(29-21)17-12-26-15-27-13-17/h1,3-4,6-9,12-15,22H,2,5,10-11H2. The Hall–Kier alpha value is -3.94. The molecule has 1 atom stereocenters. The van der Waals surface area contributed by atoms with E-state index >= 15 is 0 Å². The number of likely N-dealkylation sites (tertiary alicyclic amines) is 1. The van der Waals surface area contributed by atoms with Gasteiger partial charge in [0.25, 0.3) is 5.91 Å². The smallest absolute Gasteiger partial charge is 0.273 e. The zero-order valence-corrected chi connectivity index (χ0v) is 17.2. The monoisotopic (exact) mass is 429 g/mol. The number of carbonyl (C=O) groups excluding carboxylic acids is 1. The van der Waals surface area contributed by atoms with Crippen molar-refractivity contribution in [1.82, 2.24) is 24.8 Å². The predicted octanol–water partition coefficient (Wildman–Crippen LogP) is 4.23. The summed E-state index contributed by atoms with van der Waals surface area (Å²) >= 11 is 0. The largest absolute Gasteiger partial charge is 0.443 e. The number of amides is 1. The van der Waals surface area contributed by atoms with Crippen LogP contribution in [0.25, 0.3) is 11.3 Å². The Morgan fingerprint density at radius 3 is 2.72 bits per heavy atom. The number of hydrogen-bond acceptors (Lipinski definition) is 6. The topological polar surface area (TPSA) is 85.0 Å². The average molecular weight is 429 g/mol. The molecule has 0 N–H and O–H groups in total. The lowest BCUT2D eigenvalue weighted by atomic mass is 10.1. The first-order valence-electron chi connectivity index (χ1n) is 10.4. The van der Waals surface area contributed by atoms with Crippen molar-refractivity contribution in [3.05, 3.63) is 96.1 Å². The molecule has 1 amide bonds. The fraction of sp³-hybridized carbons (Fsp3) is 0.208. The van der Waals surface area contributed by atoms with Gasteiger partial charge < -0.3 is 9.32 Å².